The largest absolute Gasteiger partial charge is 0.316 e. The monoisotopic (exact) mass is 176 g/mol. The van der Waals surface area contributed by atoms with Crippen LogP contribution in [-0.2, 0) is 5.54 Å². The van der Waals surface area contributed by atoms with Crippen LogP contribution in [0.2, 0.25) is 0 Å². The minimum Gasteiger partial charge on any atom is -0.316 e. The summed E-state index contributed by atoms with van der Waals surface area (Å²) in [4.78, 5) is 3.93. The van der Waals surface area contributed by atoms with Gasteiger partial charge < -0.3 is 5.32 Å². The SMILES string of the molecule is C#CC1(n2cncn2)CCNCC1. The molecule has 0 radical (unpaired) electrons. The van der Waals surface area contributed by atoms with Crippen molar-refractivity contribution >= 4 is 0 Å². The van der Waals surface area contributed by atoms with Crippen molar-refractivity contribution in [3.63, 3.8) is 0 Å². The molecule has 0 aromatic carbocycles. The third-order valence-electron chi connectivity index (χ3n) is 2.56. The summed E-state index contributed by atoms with van der Waals surface area (Å²) < 4.78 is 1.80. The van der Waals surface area contributed by atoms with Gasteiger partial charge in [0.15, 0.2) is 0 Å². The summed E-state index contributed by atoms with van der Waals surface area (Å²) in [6.07, 6.45) is 10.6. The first kappa shape index (κ1) is 8.27. The molecule has 0 spiro atoms. The number of nitrogens with zero attached hydrogens (tertiary/aromatic N) is 3. The van der Waals surface area contributed by atoms with E-state index in [1.807, 2.05) is 0 Å². The second kappa shape index (κ2) is 3.19. The van der Waals surface area contributed by atoms with Crippen LogP contribution in [0.3, 0.4) is 0 Å². The highest BCUT2D eigenvalue weighted by Crippen LogP contribution is 2.24. The van der Waals surface area contributed by atoms with Gasteiger partial charge >= 0.3 is 0 Å². The minimum atomic E-state index is -0.248. The normalized spacial score (nSPS) is 20.8. The predicted molar refractivity (Wildman–Crippen MR) is 48.9 cm³/mol. The van der Waals surface area contributed by atoms with Crippen LogP contribution < -0.4 is 5.32 Å². The fraction of sp³-hybridized carbons (Fsp3) is 0.556. The Labute approximate surface area is 77.4 Å². The maximum Gasteiger partial charge on any atom is 0.137 e. The van der Waals surface area contributed by atoms with Crippen LogP contribution in [0.4, 0.5) is 0 Å². The first-order chi connectivity index (χ1) is 6.37. The molecule has 1 aromatic heterocycles. The van der Waals surface area contributed by atoms with Gasteiger partial charge in [-0.15, -0.1) is 6.42 Å². The summed E-state index contributed by atoms with van der Waals surface area (Å²) in [5.74, 6) is 2.84. The fourth-order valence-corrected chi connectivity index (χ4v) is 1.71. The zero-order chi connectivity index (χ0) is 9.15. The molecule has 1 saturated heterocycles. The standard InChI is InChI=1S/C9H12N4/c1-2-9(3-5-10-6-4-9)13-8-11-7-12-13/h1,7-8,10H,3-6H2. The first-order valence-electron chi connectivity index (χ1n) is 4.41. The molecule has 4 nitrogen and oxygen atoms in total. The van der Waals surface area contributed by atoms with Crippen LogP contribution in [-0.4, -0.2) is 27.9 Å². The number of hydrogen-bond donors (Lipinski definition) is 1. The maximum atomic E-state index is 5.56. The fourth-order valence-electron chi connectivity index (χ4n) is 1.71. The lowest BCUT2D eigenvalue weighted by Gasteiger charge is -2.32. The Kier molecular flexibility index (Phi) is 2.03. The zero-order valence-corrected chi connectivity index (χ0v) is 7.40. The number of rotatable bonds is 1. The number of hydrogen-bond acceptors (Lipinski definition) is 3. The van der Waals surface area contributed by atoms with Gasteiger partial charge in [-0.05, 0) is 25.9 Å². The van der Waals surface area contributed by atoms with Crippen molar-refractivity contribution in [1.29, 1.82) is 0 Å². The van der Waals surface area contributed by atoms with Crippen molar-refractivity contribution in [3.8, 4) is 12.3 Å². The Morgan fingerprint density at radius 1 is 1.46 bits per heavy atom. The van der Waals surface area contributed by atoms with Crippen LogP contribution >= 0.6 is 0 Å². The number of aromatic nitrogens is 3. The molecule has 0 saturated carbocycles. The molecule has 0 bridgehead atoms. The van der Waals surface area contributed by atoms with Crippen LogP contribution in [0.25, 0.3) is 0 Å². The van der Waals surface area contributed by atoms with Gasteiger partial charge in [0.25, 0.3) is 0 Å². The van der Waals surface area contributed by atoms with E-state index < -0.39 is 0 Å². The van der Waals surface area contributed by atoms with Crippen LogP contribution in [0.15, 0.2) is 12.7 Å². The van der Waals surface area contributed by atoms with Gasteiger partial charge in [-0.2, -0.15) is 5.10 Å². The molecule has 2 rings (SSSR count). The summed E-state index contributed by atoms with van der Waals surface area (Å²) in [5, 5.41) is 7.40. The van der Waals surface area contributed by atoms with Gasteiger partial charge in [-0.25, -0.2) is 9.67 Å². The average molecular weight is 176 g/mol. The van der Waals surface area contributed by atoms with Crippen LogP contribution in [0.5, 0.6) is 0 Å². The summed E-state index contributed by atoms with van der Waals surface area (Å²) in [6, 6.07) is 0. The third-order valence-corrected chi connectivity index (χ3v) is 2.56. The van der Waals surface area contributed by atoms with Gasteiger partial charge in [-0.1, -0.05) is 5.92 Å². The third kappa shape index (κ3) is 1.31. The van der Waals surface area contributed by atoms with Crippen molar-refractivity contribution < 1.29 is 0 Å². The smallest absolute Gasteiger partial charge is 0.137 e. The summed E-state index contributed by atoms with van der Waals surface area (Å²) in [7, 11) is 0. The molecule has 4 heteroatoms. The summed E-state index contributed by atoms with van der Waals surface area (Å²) in [6.45, 7) is 1.90. The lowest BCUT2D eigenvalue weighted by atomic mass is 9.89. The minimum absolute atomic E-state index is 0.248. The lowest BCUT2D eigenvalue weighted by molar-refractivity contribution is 0.259. The molecule has 1 fully saturated rings. The van der Waals surface area contributed by atoms with Crippen LogP contribution in [0, 0.1) is 12.3 Å². The van der Waals surface area contributed by atoms with Gasteiger partial charge in [0.05, 0.1) is 0 Å². The van der Waals surface area contributed by atoms with Crippen LogP contribution in [0.1, 0.15) is 12.8 Å². The number of piperidine rings is 1. The highest BCUT2D eigenvalue weighted by atomic mass is 15.4. The zero-order valence-electron chi connectivity index (χ0n) is 7.40. The van der Waals surface area contributed by atoms with E-state index >= 15 is 0 Å². The molecule has 68 valence electrons. The van der Waals surface area contributed by atoms with Crippen molar-refractivity contribution in [1.82, 2.24) is 20.1 Å². The second-order valence-corrected chi connectivity index (χ2v) is 3.27. The summed E-state index contributed by atoms with van der Waals surface area (Å²) >= 11 is 0. The molecular weight excluding hydrogens is 164 g/mol. The van der Waals surface area contributed by atoms with Gasteiger partial charge in [0.1, 0.15) is 18.2 Å². The van der Waals surface area contributed by atoms with Gasteiger partial charge in [0.2, 0.25) is 0 Å². The molecule has 0 unspecified atom stereocenters. The molecular formula is C9H12N4. The van der Waals surface area contributed by atoms with E-state index in [0.717, 1.165) is 25.9 Å². The van der Waals surface area contributed by atoms with Crippen molar-refractivity contribution in [2.24, 2.45) is 0 Å². The summed E-state index contributed by atoms with van der Waals surface area (Å²) in [5.41, 5.74) is -0.248. The predicted octanol–water partition coefficient (Wildman–Crippen LogP) is -0.0100. The molecule has 1 aliphatic heterocycles. The molecule has 0 aliphatic carbocycles. The Balaban J connectivity index is 2.30. The Morgan fingerprint density at radius 3 is 2.77 bits per heavy atom. The molecule has 1 N–H and O–H groups in total. The molecule has 0 amide bonds. The van der Waals surface area contributed by atoms with E-state index in [1.165, 1.54) is 6.33 Å². The average Bonchev–Trinajstić information content (AvgIpc) is 2.72. The molecule has 2 heterocycles. The quantitative estimate of drug-likeness (QED) is 0.612. The highest BCUT2D eigenvalue weighted by Gasteiger charge is 2.32. The van der Waals surface area contributed by atoms with E-state index in [1.54, 1.807) is 11.0 Å². The number of terminal acetylenes is 1. The molecule has 1 aromatic rings. The highest BCUT2D eigenvalue weighted by molar-refractivity contribution is 5.11. The van der Waals surface area contributed by atoms with E-state index in [2.05, 4.69) is 21.3 Å². The van der Waals surface area contributed by atoms with E-state index in [-0.39, 0.29) is 5.54 Å². The van der Waals surface area contributed by atoms with Crippen molar-refractivity contribution in [2.75, 3.05) is 13.1 Å². The molecule has 13 heavy (non-hydrogen) atoms. The second-order valence-electron chi connectivity index (χ2n) is 3.27. The Morgan fingerprint density at radius 2 is 2.23 bits per heavy atom. The lowest BCUT2D eigenvalue weighted by Crippen LogP contribution is -2.43. The van der Waals surface area contributed by atoms with Gasteiger partial charge in [-0.3, -0.25) is 0 Å². The first-order valence-corrected chi connectivity index (χ1v) is 4.41. The van der Waals surface area contributed by atoms with E-state index in [4.69, 9.17) is 6.42 Å². The Bertz CT molecular complexity index is 303. The van der Waals surface area contributed by atoms with E-state index in [0.29, 0.717) is 0 Å². The molecule has 1 aliphatic rings. The maximum absolute atomic E-state index is 5.56. The van der Waals surface area contributed by atoms with E-state index in [9.17, 15) is 0 Å². The number of nitrogens with one attached hydrogen (secondary N) is 1. The van der Waals surface area contributed by atoms with Crippen molar-refractivity contribution in [3.05, 3.63) is 12.7 Å². The van der Waals surface area contributed by atoms with Crippen molar-refractivity contribution in [2.45, 2.75) is 18.4 Å². The Hall–Kier alpha value is -1.34. The topological polar surface area (TPSA) is 42.7 Å². The molecule has 0 atom stereocenters. The van der Waals surface area contributed by atoms with Gasteiger partial charge in [0, 0.05) is 0 Å².